The predicted octanol–water partition coefficient (Wildman–Crippen LogP) is 2.15. The minimum absolute atomic E-state index is 0.00662. The van der Waals surface area contributed by atoms with E-state index in [2.05, 4.69) is 15.3 Å². The highest BCUT2D eigenvalue weighted by Gasteiger charge is 2.27. The molecule has 0 saturated carbocycles. The van der Waals surface area contributed by atoms with Crippen molar-refractivity contribution >= 4 is 29.1 Å². The van der Waals surface area contributed by atoms with Gasteiger partial charge in [0.2, 0.25) is 11.6 Å². The third-order valence-corrected chi connectivity index (χ3v) is 4.10. The van der Waals surface area contributed by atoms with Gasteiger partial charge in [0.05, 0.1) is 4.92 Å². The zero-order chi connectivity index (χ0) is 14.4. The van der Waals surface area contributed by atoms with Gasteiger partial charge in [-0.05, 0) is 18.6 Å². The first-order valence-electron chi connectivity index (χ1n) is 6.80. The van der Waals surface area contributed by atoms with Gasteiger partial charge in [0, 0.05) is 25.4 Å². The molecule has 7 nitrogen and oxygen atoms in total. The van der Waals surface area contributed by atoms with Crippen LogP contribution >= 0.6 is 11.8 Å². The molecule has 0 unspecified atom stereocenters. The van der Waals surface area contributed by atoms with E-state index in [-0.39, 0.29) is 10.6 Å². The third kappa shape index (κ3) is 3.50. The number of hydrogen-bond donors (Lipinski definition) is 1. The largest absolute Gasteiger partial charge is 0.364 e. The van der Waals surface area contributed by atoms with E-state index in [1.165, 1.54) is 6.33 Å². The van der Waals surface area contributed by atoms with Crippen molar-refractivity contribution in [1.82, 2.24) is 9.97 Å². The van der Waals surface area contributed by atoms with Crippen molar-refractivity contribution in [2.24, 2.45) is 0 Å². The first-order chi connectivity index (χ1) is 9.74. The molecule has 1 aliphatic heterocycles. The van der Waals surface area contributed by atoms with Crippen molar-refractivity contribution in [3.63, 3.8) is 0 Å². The van der Waals surface area contributed by atoms with Gasteiger partial charge in [-0.25, -0.2) is 9.97 Å². The van der Waals surface area contributed by atoms with Crippen molar-refractivity contribution in [2.45, 2.75) is 19.8 Å². The van der Waals surface area contributed by atoms with Gasteiger partial charge in [-0.3, -0.25) is 10.1 Å². The topological polar surface area (TPSA) is 84.2 Å². The highest BCUT2D eigenvalue weighted by atomic mass is 32.2. The van der Waals surface area contributed by atoms with Crippen LogP contribution in [0.15, 0.2) is 6.33 Å². The van der Waals surface area contributed by atoms with E-state index < -0.39 is 0 Å². The molecule has 1 aromatic heterocycles. The van der Waals surface area contributed by atoms with Crippen molar-refractivity contribution in [3.8, 4) is 0 Å². The van der Waals surface area contributed by atoms with Crippen LogP contribution in [0.25, 0.3) is 0 Å². The molecule has 110 valence electrons. The van der Waals surface area contributed by atoms with E-state index in [4.69, 9.17) is 0 Å². The van der Waals surface area contributed by atoms with E-state index in [9.17, 15) is 10.1 Å². The lowest BCUT2D eigenvalue weighted by Crippen LogP contribution is -2.27. The summed E-state index contributed by atoms with van der Waals surface area (Å²) < 4.78 is 0. The second-order valence-corrected chi connectivity index (χ2v) is 5.76. The Hall–Kier alpha value is -1.57. The first kappa shape index (κ1) is 14.8. The number of thioether (sulfide) groups is 1. The van der Waals surface area contributed by atoms with Gasteiger partial charge in [0.1, 0.15) is 6.33 Å². The molecule has 0 atom stereocenters. The number of nitrogens with zero attached hydrogens (tertiary/aromatic N) is 4. The smallest absolute Gasteiger partial charge is 0.353 e. The molecule has 0 amide bonds. The van der Waals surface area contributed by atoms with E-state index in [0.717, 1.165) is 37.4 Å². The Bertz CT molecular complexity index is 463. The molecule has 1 saturated heterocycles. The zero-order valence-electron chi connectivity index (χ0n) is 11.5. The molecule has 1 aliphatic rings. The van der Waals surface area contributed by atoms with Gasteiger partial charge in [-0.15, -0.1) is 0 Å². The molecule has 2 heterocycles. The van der Waals surface area contributed by atoms with Gasteiger partial charge < -0.3 is 10.2 Å². The molecule has 0 aromatic carbocycles. The van der Waals surface area contributed by atoms with Crippen molar-refractivity contribution in [3.05, 3.63) is 16.4 Å². The molecule has 1 N–H and O–H groups in total. The lowest BCUT2D eigenvalue weighted by Gasteiger charge is -2.21. The monoisotopic (exact) mass is 297 g/mol. The van der Waals surface area contributed by atoms with E-state index in [0.29, 0.717) is 18.2 Å². The summed E-state index contributed by atoms with van der Waals surface area (Å²) in [6.07, 6.45) is 3.30. The number of nitrogens with one attached hydrogen (secondary N) is 1. The fraction of sp³-hybridized carbons (Fsp3) is 0.667. The van der Waals surface area contributed by atoms with Crippen LogP contribution < -0.4 is 10.2 Å². The van der Waals surface area contributed by atoms with Crippen LogP contribution in [-0.2, 0) is 0 Å². The Morgan fingerprint density at radius 3 is 3.05 bits per heavy atom. The van der Waals surface area contributed by atoms with Crippen molar-refractivity contribution in [1.29, 1.82) is 0 Å². The van der Waals surface area contributed by atoms with Crippen molar-refractivity contribution in [2.75, 3.05) is 41.4 Å². The third-order valence-electron chi connectivity index (χ3n) is 3.05. The molecular formula is C12H19N5O2S. The SMILES string of the molecule is CCCNc1ncnc(N2CCCSCC2)c1[N+](=O)[O-]. The van der Waals surface area contributed by atoms with Crippen LogP contribution in [0.2, 0.25) is 0 Å². The molecule has 1 aromatic rings. The fourth-order valence-corrected chi connectivity index (χ4v) is 2.99. The van der Waals surface area contributed by atoms with Crippen LogP contribution in [0.3, 0.4) is 0 Å². The number of hydrogen-bond acceptors (Lipinski definition) is 7. The summed E-state index contributed by atoms with van der Waals surface area (Å²) >= 11 is 1.88. The summed E-state index contributed by atoms with van der Waals surface area (Å²) in [5.74, 6) is 2.82. The predicted molar refractivity (Wildman–Crippen MR) is 81.6 cm³/mol. The van der Waals surface area contributed by atoms with Gasteiger partial charge in [-0.1, -0.05) is 6.92 Å². The zero-order valence-corrected chi connectivity index (χ0v) is 12.4. The first-order valence-corrected chi connectivity index (χ1v) is 7.95. The molecule has 0 spiro atoms. The Morgan fingerprint density at radius 2 is 2.30 bits per heavy atom. The Balaban J connectivity index is 2.32. The standard InChI is InChI=1S/C12H19N5O2S/c1-2-4-13-11-10(17(18)19)12(15-9-14-11)16-5-3-7-20-8-6-16/h9H,2-8H2,1H3,(H,13,14,15). The average molecular weight is 297 g/mol. The highest BCUT2D eigenvalue weighted by Crippen LogP contribution is 2.32. The van der Waals surface area contributed by atoms with Crippen molar-refractivity contribution < 1.29 is 4.92 Å². The molecule has 2 rings (SSSR count). The number of anilines is 2. The maximum atomic E-state index is 11.4. The highest BCUT2D eigenvalue weighted by molar-refractivity contribution is 7.99. The van der Waals surface area contributed by atoms with Gasteiger partial charge in [0.15, 0.2) is 0 Å². The number of aromatic nitrogens is 2. The summed E-state index contributed by atoms with van der Waals surface area (Å²) in [5, 5.41) is 14.4. The van der Waals surface area contributed by atoms with Crippen LogP contribution in [0.4, 0.5) is 17.3 Å². The maximum Gasteiger partial charge on any atom is 0.353 e. The summed E-state index contributed by atoms with van der Waals surface area (Å²) in [6.45, 7) is 4.26. The van der Waals surface area contributed by atoms with E-state index >= 15 is 0 Å². The second-order valence-electron chi connectivity index (χ2n) is 4.53. The van der Waals surface area contributed by atoms with Gasteiger partial charge in [-0.2, -0.15) is 11.8 Å². The Morgan fingerprint density at radius 1 is 1.45 bits per heavy atom. The van der Waals surface area contributed by atoms with E-state index in [1.54, 1.807) is 0 Å². The molecule has 20 heavy (non-hydrogen) atoms. The van der Waals surface area contributed by atoms with Crippen LogP contribution in [0, 0.1) is 10.1 Å². The molecule has 0 bridgehead atoms. The summed E-state index contributed by atoms with van der Waals surface area (Å²) in [4.78, 5) is 21.2. The molecule has 1 fully saturated rings. The summed E-state index contributed by atoms with van der Waals surface area (Å²) in [7, 11) is 0. The van der Waals surface area contributed by atoms with Crippen LogP contribution in [0.1, 0.15) is 19.8 Å². The quantitative estimate of drug-likeness (QED) is 0.658. The maximum absolute atomic E-state index is 11.4. The minimum atomic E-state index is -0.384. The Labute approximate surface area is 122 Å². The summed E-state index contributed by atoms with van der Waals surface area (Å²) in [5.41, 5.74) is -0.00662. The lowest BCUT2D eigenvalue weighted by molar-refractivity contribution is -0.383. The molecule has 0 radical (unpaired) electrons. The average Bonchev–Trinajstić information content (AvgIpc) is 2.73. The fourth-order valence-electron chi connectivity index (χ4n) is 2.10. The van der Waals surface area contributed by atoms with Gasteiger partial charge in [0.25, 0.3) is 0 Å². The molecule has 0 aliphatic carbocycles. The lowest BCUT2D eigenvalue weighted by atomic mass is 10.3. The number of rotatable bonds is 5. The number of nitro groups is 1. The summed E-state index contributed by atoms with van der Waals surface area (Å²) in [6, 6.07) is 0. The van der Waals surface area contributed by atoms with Crippen LogP contribution in [-0.4, -0.2) is 46.0 Å². The van der Waals surface area contributed by atoms with E-state index in [1.807, 2.05) is 23.6 Å². The second kappa shape index (κ2) is 7.28. The van der Waals surface area contributed by atoms with Gasteiger partial charge >= 0.3 is 5.69 Å². The Kier molecular flexibility index (Phi) is 5.40. The minimum Gasteiger partial charge on any atom is -0.364 e. The normalized spacial score (nSPS) is 15.8. The van der Waals surface area contributed by atoms with Crippen LogP contribution in [0.5, 0.6) is 0 Å². The molecular weight excluding hydrogens is 278 g/mol. The molecule has 8 heteroatoms.